The number of carbonyl (C=O) groups is 1. The van der Waals surface area contributed by atoms with Crippen LogP contribution in [0.4, 0.5) is 0 Å². The molecular weight excluding hydrogens is 258 g/mol. The number of ether oxygens (including phenoxy) is 2. The molecule has 2 rings (SSSR count). The van der Waals surface area contributed by atoms with Gasteiger partial charge in [-0.3, -0.25) is 9.69 Å². The van der Waals surface area contributed by atoms with Crippen molar-refractivity contribution in [1.82, 2.24) is 4.90 Å². The van der Waals surface area contributed by atoms with E-state index in [-0.39, 0.29) is 0 Å². The van der Waals surface area contributed by atoms with Crippen LogP contribution in [0.15, 0.2) is 18.2 Å². The van der Waals surface area contributed by atoms with E-state index in [4.69, 9.17) is 9.47 Å². The molecule has 20 heavy (non-hydrogen) atoms. The van der Waals surface area contributed by atoms with Gasteiger partial charge in [-0.2, -0.15) is 0 Å². The number of benzene rings is 1. The maximum atomic E-state index is 11.7. The van der Waals surface area contributed by atoms with Crippen LogP contribution in [-0.2, 0) is 4.79 Å². The van der Waals surface area contributed by atoms with E-state index in [1.807, 2.05) is 4.90 Å². The summed E-state index contributed by atoms with van der Waals surface area (Å²) in [5.74, 6) is 0.222. The van der Waals surface area contributed by atoms with Gasteiger partial charge >= 0.3 is 5.97 Å². The molecule has 1 aliphatic rings. The van der Waals surface area contributed by atoms with Crippen molar-refractivity contribution in [3.63, 3.8) is 0 Å². The first-order chi connectivity index (χ1) is 9.69. The van der Waals surface area contributed by atoms with E-state index in [2.05, 4.69) is 0 Å². The summed E-state index contributed by atoms with van der Waals surface area (Å²) in [5, 5.41) is 9.62. The van der Waals surface area contributed by atoms with E-state index in [0.29, 0.717) is 17.1 Å². The minimum atomic E-state index is -0.849. The topological polar surface area (TPSA) is 59.0 Å². The number of likely N-dealkylation sites (tertiary alicyclic amines) is 1. The van der Waals surface area contributed by atoms with Crippen molar-refractivity contribution in [2.45, 2.75) is 25.3 Å². The number of nitrogens with zero attached hydrogens (tertiary/aromatic N) is 1. The van der Waals surface area contributed by atoms with E-state index in [1.54, 1.807) is 25.3 Å². The lowest BCUT2D eigenvalue weighted by atomic mass is 10.0. The fourth-order valence-electron chi connectivity index (χ4n) is 2.79. The van der Waals surface area contributed by atoms with E-state index >= 15 is 0 Å². The van der Waals surface area contributed by atoms with Crippen LogP contribution in [0.1, 0.15) is 30.9 Å². The van der Waals surface area contributed by atoms with Crippen LogP contribution in [-0.4, -0.2) is 43.3 Å². The summed E-state index contributed by atoms with van der Waals surface area (Å²) in [6.07, 6.45) is 3.24. The molecule has 1 N–H and O–H groups in total. The SMILES string of the molecule is COc1cccc([C@@H](C(=O)O)N2CCCCC2)c1OC. The molecular formula is C15H21NO4. The summed E-state index contributed by atoms with van der Waals surface area (Å²) >= 11 is 0. The smallest absolute Gasteiger partial charge is 0.325 e. The van der Waals surface area contributed by atoms with Crippen molar-refractivity contribution in [1.29, 1.82) is 0 Å². The molecule has 1 fully saturated rings. The Labute approximate surface area is 119 Å². The second kappa shape index (κ2) is 6.61. The summed E-state index contributed by atoms with van der Waals surface area (Å²) in [6, 6.07) is 4.70. The summed E-state index contributed by atoms with van der Waals surface area (Å²) in [5.41, 5.74) is 0.654. The zero-order valence-electron chi connectivity index (χ0n) is 12.0. The number of hydrogen-bond donors (Lipinski definition) is 1. The first-order valence-corrected chi connectivity index (χ1v) is 6.86. The average Bonchev–Trinajstić information content (AvgIpc) is 2.48. The van der Waals surface area contributed by atoms with Gasteiger partial charge in [-0.1, -0.05) is 18.6 Å². The van der Waals surface area contributed by atoms with E-state index < -0.39 is 12.0 Å². The number of piperidine rings is 1. The normalized spacial score (nSPS) is 17.5. The zero-order chi connectivity index (χ0) is 14.5. The van der Waals surface area contributed by atoms with E-state index in [9.17, 15) is 9.90 Å². The minimum absolute atomic E-state index is 0.507. The highest BCUT2D eigenvalue weighted by Gasteiger charge is 2.31. The number of carboxylic acid groups (broad SMARTS) is 1. The van der Waals surface area contributed by atoms with Crippen LogP contribution in [0.25, 0.3) is 0 Å². The molecule has 5 nitrogen and oxygen atoms in total. The van der Waals surface area contributed by atoms with Crippen molar-refractivity contribution < 1.29 is 19.4 Å². The van der Waals surface area contributed by atoms with Crippen LogP contribution in [0.2, 0.25) is 0 Å². The van der Waals surface area contributed by atoms with Gasteiger partial charge in [-0.25, -0.2) is 0 Å². The van der Waals surface area contributed by atoms with Gasteiger partial charge in [0.05, 0.1) is 14.2 Å². The molecule has 0 aromatic heterocycles. The molecule has 1 aliphatic heterocycles. The highest BCUT2D eigenvalue weighted by Crippen LogP contribution is 2.37. The third-order valence-corrected chi connectivity index (χ3v) is 3.72. The fraction of sp³-hybridized carbons (Fsp3) is 0.533. The molecule has 0 spiro atoms. The Hall–Kier alpha value is -1.75. The molecule has 110 valence electrons. The van der Waals surface area contributed by atoms with Crippen molar-refractivity contribution in [3.05, 3.63) is 23.8 Å². The second-order valence-electron chi connectivity index (χ2n) is 4.92. The van der Waals surface area contributed by atoms with Gasteiger partial charge < -0.3 is 14.6 Å². The van der Waals surface area contributed by atoms with Crippen molar-refractivity contribution >= 4 is 5.97 Å². The van der Waals surface area contributed by atoms with Gasteiger partial charge in [0.25, 0.3) is 0 Å². The van der Waals surface area contributed by atoms with E-state index in [1.165, 1.54) is 7.11 Å². The molecule has 0 amide bonds. The van der Waals surface area contributed by atoms with Crippen molar-refractivity contribution in [3.8, 4) is 11.5 Å². The summed E-state index contributed by atoms with van der Waals surface area (Å²) < 4.78 is 10.6. The van der Waals surface area contributed by atoms with Gasteiger partial charge in [0.1, 0.15) is 6.04 Å². The van der Waals surface area contributed by atoms with Crippen LogP contribution in [0.3, 0.4) is 0 Å². The summed E-state index contributed by atoms with van der Waals surface area (Å²) in [6.45, 7) is 1.61. The van der Waals surface area contributed by atoms with Gasteiger partial charge in [0.2, 0.25) is 0 Å². The Kier molecular flexibility index (Phi) is 4.84. The quantitative estimate of drug-likeness (QED) is 0.896. The molecule has 0 aliphatic carbocycles. The first-order valence-electron chi connectivity index (χ1n) is 6.86. The van der Waals surface area contributed by atoms with Crippen molar-refractivity contribution in [2.75, 3.05) is 27.3 Å². The Morgan fingerprint density at radius 2 is 1.90 bits per heavy atom. The maximum Gasteiger partial charge on any atom is 0.325 e. The zero-order valence-corrected chi connectivity index (χ0v) is 12.0. The predicted molar refractivity (Wildman–Crippen MR) is 75.3 cm³/mol. The number of methoxy groups -OCH3 is 2. The molecule has 0 bridgehead atoms. The fourth-order valence-corrected chi connectivity index (χ4v) is 2.79. The Balaban J connectivity index is 2.40. The molecule has 0 unspecified atom stereocenters. The Morgan fingerprint density at radius 1 is 1.20 bits per heavy atom. The van der Waals surface area contributed by atoms with Crippen molar-refractivity contribution in [2.24, 2.45) is 0 Å². The molecule has 1 heterocycles. The number of para-hydroxylation sites is 1. The summed E-state index contributed by atoms with van der Waals surface area (Å²) in [4.78, 5) is 13.7. The Bertz CT molecular complexity index is 469. The monoisotopic (exact) mass is 279 g/mol. The van der Waals surface area contributed by atoms with Crippen LogP contribution in [0, 0.1) is 0 Å². The molecule has 1 aromatic rings. The maximum absolute atomic E-state index is 11.7. The average molecular weight is 279 g/mol. The van der Waals surface area contributed by atoms with Crippen LogP contribution in [0.5, 0.6) is 11.5 Å². The number of aliphatic carboxylic acids is 1. The lowest BCUT2D eigenvalue weighted by Gasteiger charge is -2.33. The predicted octanol–water partition coefficient (Wildman–Crippen LogP) is 2.32. The molecule has 1 saturated heterocycles. The van der Waals surface area contributed by atoms with Gasteiger partial charge in [0, 0.05) is 5.56 Å². The molecule has 0 saturated carbocycles. The lowest BCUT2D eigenvalue weighted by Crippen LogP contribution is -2.38. The standard InChI is InChI=1S/C15H21NO4/c1-19-12-8-6-7-11(14(12)20-2)13(15(17)18)16-9-4-3-5-10-16/h6-8,13H,3-5,9-10H2,1-2H3,(H,17,18)/t13-/m0/s1. The van der Waals surface area contributed by atoms with E-state index in [0.717, 1.165) is 32.4 Å². The number of hydrogen-bond acceptors (Lipinski definition) is 4. The summed E-state index contributed by atoms with van der Waals surface area (Å²) in [7, 11) is 3.09. The van der Waals surface area contributed by atoms with Gasteiger partial charge in [-0.15, -0.1) is 0 Å². The molecule has 1 aromatic carbocycles. The number of rotatable bonds is 5. The third-order valence-electron chi connectivity index (χ3n) is 3.72. The van der Waals surface area contributed by atoms with Gasteiger partial charge in [-0.05, 0) is 32.0 Å². The minimum Gasteiger partial charge on any atom is -0.493 e. The number of carboxylic acids is 1. The lowest BCUT2D eigenvalue weighted by molar-refractivity contribution is -0.144. The Morgan fingerprint density at radius 3 is 2.45 bits per heavy atom. The largest absolute Gasteiger partial charge is 0.493 e. The third kappa shape index (κ3) is 2.88. The van der Waals surface area contributed by atoms with Gasteiger partial charge in [0.15, 0.2) is 11.5 Å². The van der Waals surface area contributed by atoms with Crippen LogP contribution < -0.4 is 9.47 Å². The highest BCUT2D eigenvalue weighted by atomic mass is 16.5. The molecule has 0 radical (unpaired) electrons. The highest BCUT2D eigenvalue weighted by molar-refractivity contribution is 5.77. The second-order valence-corrected chi connectivity index (χ2v) is 4.92. The first kappa shape index (κ1) is 14.7. The molecule has 5 heteroatoms. The van der Waals surface area contributed by atoms with Crippen LogP contribution >= 0.6 is 0 Å². The molecule has 1 atom stereocenters.